The van der Waals surface area contributed by atoms with Gasteiger partial charge < -0.3 is 4.74 Å². The van der Waals surface area contributed by atoms with Gasteiger partial charge in [-0.3, -0.25) is 0 Å². The SMILES string of the molecule is CCCCCCCC/C=C/C(=O)OCCCCCCCCCBr. The van der Waals surface area contributed by atoms with Gasteiger partial charge in [-0.05, 0) is 25.7 Å². The third-order valence-electron chi connectivity index (χ3n) is 4.00. The molecule has 0 aromatic carbocycles. The smallest absolute Gasteiger partial charge is 0.330 e. The van der Waals surface area contributed by atoms with Crippen molar-refractivity contribution in [3.63, 3.8) is 0 Å². The maximum Gasteiger partial charge on any atom is 0.330 e. The van der Waals surface area contributed by atoms with Crippen LogP contribution in [0, 0.1) is 0 Å². The minimum absolute atomic E-state index is 0.173. The molecule has 2 nitrogen and oxygen atoms in total. The van der Waals surface area contributed by atoms with Gasteiger partial charge in [0.1, 0.15) is 0 Å². The Kier molecular flexibility index (Phi) is 19.5. The van der Waals surface area contributed by atoms with E-state index in [0.717, 1.165) is 18.2 Å². The van der Waals surface area contributed by atoms with Crippen molar-refractivity contribution in [2.75, 3.05) is 11.9 Å². The Hall–Kier alpha value is -0.310. The number of hydrogen-bond donors (Lipinski definition) is 0. The normalized spacial score (nSPS) is 11.2. The summed E-state index contributed by atoms with van der Waals surface area (Å²) in [6.45, 7) is 2.81. The fourth-order valence-corrected chi connectivity index (χ4v) is 2.92. The highest BCUT2D eigenvalue weighted by atomic mass is 79.9. The van der Waals surface area contributed by atoms with Gasteiger partial charge in [0.05, 0.1) is 6.61 Å². The number of carbonyl (C=O) groups is 1. The molecule has 0 aliphatic heterocycles. The van der Waals surface area contributed by atoms with E-state index in [1.54, 1.807) is 6.08 Å². The molecule has 23 heavy (non-hydrogen) atoms. The molecule has 0 N–H and O–H groups in total. The summed E-state index contributed by atoms with van der Waals surface area (Å²) in [5, 5.41) is 1.12. The summed E-state index contributed by atoms with van der Waals surface area (Å²) in [5.74, 6) is -0.173. The van der Waals surface area contributed by atoms with Crippen LogP contribution in [0.25, 0.3) is 0 Å². The third-order valence-corrected chi connectivity index (χ3v) is 4.56. The van der Waals surface area contributed by atoms with Crippen molar-refractivity contribution in [1.29, 1.82) is 0 Å². The molecule has 0 saturated carbocycles. The molecule has 0 amide bonds. The standard InChI is InChI=1S/C20H37BrO2/c1-2-3-4-5-6-8-11-14-17-20(22)23-19-16-13-10-7-9-12-15-18-21/h14,17H,2-13,15-16,18-19H2,1H3/b17-14+. The van der Waals surface area contributed by atoms with E-state index in [9.17, 15) is 4.79 Å². The van der Waals surface area contributed by atoms with Crippen LogP contribution in [-0.4, -0.2) is 17.9 Å². The number of rotatable bonds is 17. The Balaban J connectivity index is 3.25. The van der Waals surface area contributed by atoms with Crippen LogP contribution in [0.4, 0.5) is 0 Å². The van der Waals surface area contributed by atoms with Crippen molar-refractivity contribution >= 4 is 21.9 Å². The molecule has 0 fully saturated rings. The number of allylic oxidation sites excluding steroid dienone is 1. The van der Waals surface area contributed by atoms with Gasteiger partial charge in [0, 0.05) is 11.4 Å². The number of halogens is 1. The zero-order valence-electron chi connectivity index (χ0n) is 15.2. The maximum atomic E-state index is 11.5. The molecule has 3 heteroatoms. The Labute approximate surface area is 152 Å². The topological polar surface area (TPSA) is 26.3 Å². The summed E-state index contributed by atoms with van der Waals surface area (Å²) in [5.41, 5.74) is 0. The van der Waals surface area contributed by atoms with Crippen LogP contribution in [0.5, 0.6) is 0 Å². The Morgan fingerprint density at radius 2 is 1.39 bits per heavy atom. The first-order valence-electron chi connectivity index (χ1n) is 9.70. The Bertz CT molecular complexity index is 277. The molecule has 0 aliphatic carbocycles. The molecule has 0 spiro atoms. The van der Waals surface area contributed by atoms with E-state index in [-0.39, 0.29) is 5.97 Å². The molecular weight excluding hydrogens is 352 g/mol. The Morgan fingerprint density at radius 1 is 0.826 bits per heavy atom. The van der Waals surface area contributed by atoms with E-state index in [4.69, 9.17) is 4.74 Å². The minimum Gasteiger partial charge on any atom is -0.463 e. The second kappa shape index (κ2) is 19.7. The van der Waals surface area contributed by atoms with Gasteiger partial charge in [-0.25, -0.2) is 4.79 Å². The molecule has 0 saturated heterocycles. The summed E-state index contributed by atoms with van der Waals surface area (Å²) in [6, 6.07) is 0. The van der Waals surface area contributed by atoms with Crippen LogP contribution in [0.2, 0.25) is 0 Å². The first-order chi connectivity index (χ1) is 11.3. The van der Waals surface area contributed by atoms with Gasteiger partial charge in [0.2, 0.25) is 0 Å². The number of unbranched alkanes of at least 4 members (excludes halogenated alkanes) is 12. The van der Waals surface area contributed by atoms with Crippen LogP contribution < -0.4 is 0 Å². The second-order valence-electron chi connectivity index (χ2n) is 6.29. The third kappa shape index (κ3) is 19.6. The molecule has 136 valence electrons. The number of carbonyl (C=O) groups excluding carboxylic acids is 1. The summed E-state index contributed by atoms with van der Waals surface area (Å²) in [6.07, 6.45) is 21.0. The summed E-state index contributed by atoms with van der Waals surface area (Å²) < 4.78 is 5.21. The first-order valence-corrected chi connectivity index (χ1v) is 10.8. The molecule has 0 unspecified atom stereocenters. The minimum atomic E-state index is -0.173. The van der Waals surface area contributed by atoms with E-state index in [2.05, 4.69) is 22.9 Å². The molecule has 0 heterocycles. The largest absolute Gasteiger partial charge is 0.463 e. The fraction of sp³-hybridized carbons (Fsp3) is 0.850. The van der Waals surface area contributed by atoms with Gasteiger partial charge in [-0.15, -0.1) is 0 Å². The summed E-state index contributed by atoms with van der Waals surface area (Å²) in [7, 11) is 0. The van der Waals surface area contributed by atoms with Crippen molar-refractivity contribution < 1.29 is 9.53 Å². The van der Waals surface area contributed by atoms with Gasteiger partial charge in [-0.1, -0.05) is 93.1 Å². The molecular formula is C20H37BrO2. The van der Waals surface area contributed by atoms with Crippen molar-refractivity contribution in [3.05, 3.63) is 12.2 Å². The number of ether oxygens (including phenoxy) is 1. The van der Waals surface area contributed by atoms with Crippen LogP contribution in [-0.2, 0) is 9.53 Å². The molecule has 0 radical (unpaired) electrons. The molecule has 0 atom stereocenters. The number of hydrogen-bond acceptors (Lipinski definition) is 2. The van der Waals surface area contributed by atoms with Crippen molar-refractivity contribution in [2.45, 2.75) is 96.8 Å². The predicted molar refractivity (Wildman–Crippen MR) is 104 cm³/mol. The highest BCUT2D eigenvalue weighted by Gasteiger charge is 1.97. The van der Waals surface area contributed by atoms with Crippen LogP contribution in [0.1, 0.15) is 96.8 Å². The molecule has 0 bridgehead atoms. The predicted octanol–water partition coefficient (Wildman–Crippen LogP) is 6.96. The van der Waals surface area contributed by atoms with Crippen molar-refractivity contribution in [3.8, 4) is 0 Å². The van der Waals surface area contributed by atoms with E-state index in [1.165, 1.54) is 77.0 Å². The highest BCUT2D eigenvalue weighted by molar-refractivity contribution is 9.09. The number of esters is 1. The van der Waals surface area contributed by atoms with Crippen LogP contribution >= 0.6 is 15.9 Å². The first kappa shape index (κ1) is 22.7. The average Bonchev–Trinajstić information content (AvgIpc) is 2.56. The monoisotopic (exact) mass is 388 g/mol. The van der Waals surface area contributed by atoms with Crippen molar-refractivity contribution in [2.24, 2.45) is 0 Å². The van der Waals surface area contributed by atoms with E-state index in [0.29, 0.717) is 6.61 Å². The second-order valence-corrected chi connectivity index (χ2v) is 7.08. The van der Waals surface area contributed by atoms with Gasteiger partial charge >= 0.3 is 5.97 Å². The number of alkyl halides is 1. The molecule has 0 aromatic rings. The lowest BCUT2D eigenvalue weighted by molar-refractivity contribution is -0.137. The molecule has 0 rings (SSSR count). The molecule has 0 aromatic heterocycles. The van der Waals surface area contributed by atoms with E-state index >= 15 is 0 Å². The molecule has 0 aliphatic rings. The van der Waals surface area contributed by atoms with Gasteiger partial charge in [0.15, 0.2) is 0 Å². The van der Waals surface area contributed by atoms with Crippen LogP contribution in [0.15, 0.2) is 12.2 Å². The Morgan fingerprint density at radius 3 is 2.04 bits per heavy atom. The van der Waals surface area contributed by atoms with Crippen LogP contribution in [0.3, 0.4) is 0 Å². The maximum absolute atomic E-state index is 11.5. The average molecular weight is 389 g/mol. The summed E-state index contributed by atoms with van der Waals surface area (Å²) in [4.78, 5) is 11.5. The zero-order valence-corrected chi connectivity index (χ0v) is 16.7. The lowest BCUT2D eigenvalue weighted by atomic mass is 10.1. The highest BCUT2D eigenvalue weighted by Crippen LogP contribution is 2.09. The van der Waals surface area contributed by atoms with Crippen molar-refractivity contribution in [1.82, 2.24) is 0 Å². The van der Waals surface area contributed by atoms with E-state index < -0.39 is 0 Å². The lowest BCUT2D eigenvalue weighted by Gasteiger charge is -2.02. The van der Waals surface area contributed by atoms with E-state index in [1.807, 2.05) is 6.08 Å². The lowest BCUT2D eigenvalue weighted by Crippen LogP contribution is -2.02. The summed E-state index contributed by atoms with van der Waals surface area (Å²) >= 11 is 3.45. The van der Waals surface area contributed by atoms with Gasteiger partial charge in [-0.2, -0.15) is 0 Å². The fourth-order valence-electron chi connectivity index (χ4n) is 2.52. The quantitative estimate of drug-likeness (QED) is 0.116. The van der Waals surface area contributed by atoms with Gasteiger partial charge in [0.25, 0.3) is 0 Å². The zero-order chi connectivity index (χ0) is 17.0.